The van der Waals surface area contributed by atoms with Gasteiger partial charge >= 0.3 is 5.97 Å². The van der Waals surface area contributed by atoms with Gasteiger partial charge in [-0.2, -0.15) is 0 Å². The van der Waals surface area contributed by atoms with Gasteiger partial charge in [-0.3, -0.25) is 9.59 Å². The molecule has 1 N–H and O–H groups in total. The van der Waals surface area contributed by atoms with E-state index < -0.39 is 5.97 Å². The fourth-order valence-corrected chi connectivity index (χ4v) is 3.23. The molecular formula is C19H21FN2O4. The van der Waals surface area contributed by atoms with Crippen LogP contribution in [0.3, 0.4) is 0 Å². The summed E-state index contributed by atoms with van der Waals surface area (Å²) >= 11 is 0. The summed E-state index contributed by atoms with van der Waals surface area (Å²) in [5, 5.41) is 8.81. The van der Waals surface area contributed by atoms with Crippen LogP contribution in [0.1, 0.15) is 31.4 Å². The van der Waals surface area contributed by atoms with Gasteiger partial charge in [0.05, 0.1) is 12.1 Å². The van der Waals surface area contributed by atoms with Crippen LogP contribution in [0.2, 0.25) is 0 Å². The number of nitrogens with zero attached hydrogens (tertiary/aromatic N) is 2. The number of aliphatic carboxylic acids is 1. The molecule has 138 valence electrons. The Morgan fingerprint density at radius 1 is 1.31 bits per heavy atom. The van der Waals surface area contributed by atoms with Crippen molar-refractivity contribution < 1.29 is 23.5 Å². The predicted octanol–water partition coefficient (Wildman–Crippen LogP) is 3.13. The summed E-state index contributed by atoms with van der Waals surface area (Å²) < 4.78 is 18.4. The second kappa shape index (κ2) is 8.12. The Balaban J connectivity index is 1.57. The van der Waals surface area contributed by atoms with Gasteiger partial charge in [-0.25, -0.2) is 9.37 Å². The lowest BCUT2D eigenvalue weighted by atomic mass is 9.93. The molecule has 1 unspecified atom stereocenters. The molecule has 1 amide bonds. The maximum atomic E-state index is 13.0. The van der Waals surface area contributed by atoms with Crippen molar-refractivity contribution in [2.75, 3.05) is 13.1 Å². The third-order valence-corrected chi connectivity index (χ3v) is 4.61. The molecular weight excluding hydrogens is 339 g/mol. The van der Waals surface area contributed by atoms with Gasteiger partial charge in [0, 0.05) is 25.1 Å². The van der Waals surface area contributed by atoms with Crippen molar-refractivity contribution in [1.29, 1.82) is 0 Å². The first kappa shape index (κ1) is 18.1. The molecule has 3 rings (SSSR count). The number of aromatic nitrogens is 1. The third kappa shape index (κ3) is 4.68. The van der Waals surface area contributed by atoms with Crippen LogP contribution in [-0.2, 0) is 16.0 Å². The number of oxazole rings is 1. The molecule has 1 aliphatic heterocycles. The van der Waals surface area contributed by atoms with E-state index in [1.165, 1.54) is 18.4 Å². The van der Waals surface area contributed by atoms with Crippen molar-refractivity contribution in [2.45, 2.75) is 32.1 Å². The van der Waals surface area contributed by atoms with Crippen LogP contribution in [0.15, 0.2) is 34.9 Å². The average Bonchev–Trinajstić information content (AvgIpc) is 3.09. The fourth-order valence-electron chi connectivity index (χ4n) is 3.23. The molecule has 1 aromatic heterocycles. The van der Waals surface area contributed by atoms with Gasteiger partial charge in [0.15, 0.2) is 0 Å². The number of carbonyl (C=O) groups is 2. The first-order chi connectivity index (χ1) is 12.5. The molecule has 1 fully saturated rings. The lowest BCUT2D eigenvalue weighted by Crippen LogP contribution is -2.40. The minimum atomic E-state index is -0.802. The van der Waals surface area contributed by atoms with Crippen molar-refractivity contribution >= 4 is 11.9 Å². The number of likely N-dealkylation sites (tertiary alicyclic amines) is 1. The minimum Gasteiger partial charge on any atom is -0.481 e. The molecule has 26 heavy (non-hydrogen) atoms. The largest absolute Gasteiger partial charge is 0.481 e. The van der Waals surface area contributed by atoms with E-state index in [9.17, 15) is 14.0 Å². The zero-order valence-electron chi connectivity index (χ0n) is 14.4. The molecule has 1 aliphatic rings. The summed E-state index contributed by atoms with van der Waals surface area (Å²) in [7, 11) is 0. The van der Waals surface area contributed by atoms with Gasteiger partial charge in [0.1, 0.15) is 12.1 Å². The average molecular weight is 360 g/mol. The SMILES string of the molecule is O=C(O)CCC1CCCN(C(=O)Cc2coc(-c3ccc(F)cc3)n2)C1. The smallest absolute Gasteiger partial charge is 0.303 e. The number of amides is 1. The van der Waals surface area contributed by atoms with E-state index in [2.05, 4.69) is 4.98 Å². The van der Waals surface area contributed by atoms with Crippen LogP contribution >= 0.6 is 0 Å². The van der Waals surface area contributed by atoms with Crippen molar-refractivity contribution in [3.05, 3.63) is 42.0 Å². The number of carboxylic acids is 1. The second-order valence-electron chi connectivity index (χ2n) is 6.61. The van der Waals surface area contributed by atoms with E-state index >= 15 is 0 Å². The molecule has 0 bridgehead atoms. The maximum absolute atomic E-state index is 13.0. The van der Waals surface area contributed by atoms with E-state index in [1.807, 2.05) is 0 Å². The summed E-state index contributed by atoms with van der Waals surface area (Å²) in [5.41, 5.74) is 1.18. The Morgan fingerprint density at radius 3 is 2.81 bits per heavy atom. The molecule has 2 heterocycles. The quantitative estimate of drug-likeness (QED) is 0.856. The lowest BCUT2D eigenvalue weighted by Gasteiger charge is -2.32. The number of hydrogen-bond acceptors (Lipinski definition) is 4. The van der Waals surface area contributed by atoms with E-state index in [-0.39, 0.29) is 30.5 Å². The molecule has 0 spiro atoms. The molecule has 0 radical (unpaired) electrons. The van der Waals surface area contributed by atoms with Crippen molar-refractivity contribution in [3.8, 4) is 11.5 Å². The normalized spacial score (nSPS) is 17.3. The second-order valence-corrected chi connectivity index (χ2v) is 6.61. The number of halogens is 1. The molecule has 1 saturated heterocycles. The van der Waals surface area contributed by atoms with Crippen LogP contribution in [0.4, 0.5) is 4.39 Å². The Labute approximate surface area is 150 Å². The first-order valence-electron chi connectivity index (χ1n) is 8.71. The standard InChI is InChI=1S/C19H21FN2O4/c20-15-6-4-14(5-7-15)19-21-16(12-26-19)10-17(23)22-9-1-2-13(11-22)3-8-18(24)25/h4-7,12-13H,1-3,8-11H2,(H,24,25). The van der Waals surface area contributed by atoms with Crippen LogP contribution in [-0.4, -0.2) is 40.0 Å². The molecule has 6 nitrogen and oxygen atoms in total. The van der Waals surface area contributed by atoms with E-state index in [0.717, 1.165) is 12.8 Å². The van der Waals surface area contributed by atoms with Crippen LogP contribution < -0.4 is 0 Å². The van der Waals surface area contributed by atoms with Gasteiger partial charge in [-0.15, -0.1) is 0 Å². The molecule has 2 aromatic rings. The zero-order chi connectivity index (χ0) is 18.5. The van der Waals surface area contributed by atoms with Gasteiger partial charge in [0.2, 0.25) is 11.8 Å². The maximum Gasteiger partial charge on any atom is 0.303 e. The van der Waals surface area contributed by atoms with Gasteiger partial charge in [-0.05, 0) is 49.4 Å². The molecule has 0 aliphatic carbocycles. The number of benzene rings is 1. The van der Waals surface area contributed by atoms with Crippen molar-refractivity contribution in [2.24, 2.45) is 5.92 Å². The fraction of sp³-hybridized carbons (Fsp3) is 0.421. The van der Waals surface area contributed by atoms with Gasteiger partial charge in [0.25, 0.3) is 0 Å². The highest BCUT2D eigenvalue weighted by Gasteiger charge is 2.24. The van der Waals surface area contributed by atoms with E-state index in [1.54, 1.807) is 17.0 Å². The summed E-state index contributed by atoms with van der Waals surface area (Å²) in [6.07, 6.45) is 4.15. The number of rotatable bonds is 6. The molecule has 1 aromatic carbocycles. The predicted molar refractivity (Wildman–Crippen MR) is 91.8 cm³/mol. The number of hydrogen-bond donors (Lipinski definition) is 1. The lowest BCUT2D eigenvalue weighted by molar-refractivity contribution is -0.137. The number of carbonyl (C=O) groups excluding carboxylic acids is 1. The van der Waals surface area contributed by atoms with E-state index in [4.69, 9.17) is 9.52 Å². The zero-order valence-corrected chi connectivity index (χ0v) is 14.4. The van der Waals surface area contributed by atoms with E-state index in [0.29, 0.717) is 36.7 Å². The number of carboxylic acid groups (broad SMARTS) is 1. The Hall–Kier alpha value is -2.70. The molecule has 0 saturated carbocycles. The number of piperidine rings is 1. The summed E-state index contributed by atoms with van der Waals surface area (Å²) in [5.74, 6) is -0.590. The Kier molecular flexibility index (Phi) is 5.65. The summed E-state index contributed by atoms with van der Waals surface area (Å²) in [4.78, 5) is 29.3. The molecule has 7 heteroatoms. The highest BCUT2D eigenvalue weighted by atomic mass is 19.1. The van der Waals surface area contributed by atoms with Crippen molar-refractivity contribution in [3.63, 3.8) is 0 Å². The van der Waals surface area contributed by atoms with Crippen LogP contribution in [0, 0.1) is 11.7 Å². The van der Waals surface area contributed by atoms with Crippen LogP contribution in [0.25, 0.3) is 11.5 Å². The highest BCUT2D eigenvalue weighted by molar-refractivity contribution is 5.78. The molecule has 1 atom stereocenters. The minimum absolute atomic E-state index is 0.0380. The Morgan fingerprint density at radius 2 is 2.08 bits per heavy atom. The highest BCUT2D eigenvalue weighted by Crippen LogP contribution is 2.23. The summed E-state index contributed by atoms with van der Waals surface area (Å²) in [6.45, 7) is 1.28. The van der Waals surface area contributed by atoms with Crippen molar-refractivity contribution in [1.82, 2.24) is 9.88 Å². The van der Waals surface area contributed by atoms with Crippen LogP contribution in [0.5, 0.6) is 0 Å². The van der Waals surface area contributed by atoms with Gasteiger partial charge < -0.3 is 14.4 Å². The monoisotopic (exact) mass is 360 g/mol. The topological polar surface area (TPSA) is 83.6 Å². The first-order valence-corrected chi connectivity index (χ1v) is 8.71. The Bertz CT molecular complexity index is 772. The summed E-state index contributed by atoms with van der Waals surface area (Å²) in [6, 6.07) is 5.81. The van der Waals surface area contributed by atoms with Gasteiger partial charge in [-0.1, -0.05) is 0 Å². The third-order valence-electron chi connectivity index (χ3n) is 4.61.